The molecule has 2 aliphatic heterocycles. The van der Waals surface area contributed by atoms with Crippen molar-refractivity contribution in [3.8, 4) is 6.07 Å². The van der Waals surface area contributed by atoms with E-state index >= 15 is 0 Å². The van der Waals surface area contributed by atoms with Gasteiger partial charge in [-0.1, -0.05) is 12.1 Å². The van der Waals surface area contributed by atoms with E-state index < -0.39 is 0 Å². The van der Waals surface area contributed by atoms with Crippen LogP contribution in [0.3, 0.4) is 0 Å². The molecule has 4 nitrogen and oxygen atoms in total. The van der Waals surface area contributed by atoms with Crippen LogP contribution < -0.4 is 5.43 Å². The van der Waals surface area contributed by atoms with Crippen LogP contribution in [0.4, 0.5) is 0 Å². The number of benzene rings is 2. The van der Waals surface area contributed by atoms with Crippen LogP contribution in [0.25, 0.3) is 20.2 Å². The second-order valence-corrected chi connectivity index (χ2v) is 9.09. The number of rotatable bonds is 2. The molecular formula is C24H24N3OS+. The van der Waals surface area contributed by atoms with Gasteiger partial charge in [-0.15, -0.1) is 11.3 Å². The molecule has 2 aromatic carbocycles. The van der Waals surface area contributed by atoms with E-state index in [1.54, 1.807) is 17.4 Å². The summed E-state index contributed by atoms with van der Waals surface area (Å²) in [6, 6.07) is 13.8. The lowest BCUT2D eigenvalue weighted by Gasteiger charge is -2.26. The third-order valence-electron chi connectivity index (χ3n) is 6.16. The van der Waals surface area contributed by atoms with Crippen LogP contribution in [0.15, 0.2) is 41.2 Å². The molecule has 0 bridgehead atoms. The van der Waals surface area contributed by atoms with Gasteiger partial charge in [0.2, 0.25) is 5.84 Å². The van der Waals surface area contributed by atoms with Gasteiger partial charge in [-0.2, -0.15) is 5.26 Å². The predicted molar refractivity (Wildman–Crippen MR) is 119 cm³/mol. The zero-order chi connectivity index (χ0) is 19.8. The molecule has 5 heteroatoms. The average molecular weight is 403 g/mol. The zero-order valence-corrected chi connectivity index (χ0v) is 17.3. The Balaban J connectivity index is 1.66. The van der Waals surface area contributed by atoms with Crippen molar-refractivity contribution in [3.63, 3.8) is 0 Å². The van der Waals surface area contributed by atoms with Crippen LogP contribution in [-0.4, -0.2) is 34.9 Å². The fourth-order valence-electron chi connectivity index (χ4n) is 4.76. The van der Waals surface area contributed by atoms with Crippen molar-refractivity contribution in [2.45, 2.75) is 38.6 Å². The van der Waals surface area contributed by atoms with E-state index in [1.807, 2.05) is 30.3 Å². The van der Waals surface area contributed by atoms with Gasteiger partial charge >= 0.3 is 0 Å². The summed E-state index contributed by atoms with van der Waals surface area (Å²) in [5.74, 6) is 1.46. The van der Waals surface area contributed by atoms with Crippen molar-refractivity contribution >= 4 is 37.3 Å². The number of nitriles is 1. The third-order valence-corrected chi connectivity index (χ3v) is 7.42. The summed E-state index contributed by atoms with van der Waals surface area (Å²) in [6.07, 6.45) is 6.12. The van der Waals surface area contributed by atoms with Crippen LogP contribution in [0.5, 0.6) is 0 Å². The Kier molecular flexibility index (Phi) is 4.81. The van der Waals surface area contributed by atoms with Crippen LogP contribution in [-0.2, 0) is 6.54 Å². The van der Waals surface area contributed by atoms with Crippen LogP contribution >= 0.6 is 11.3 Å². The summed E-state index contributed by atoms with van der Waals surface area (Å²) < 4.78 is 4.60. The van der Waals surface area contributed by atoms with Crippen molar-refractivity contribution in [1.82, 2.24) is 4.90 Å². The summed E-state index contributed by atoms with van der Waals surface area (Å²) in [5, 5.41) is 11.0. The normalized spacial score (nSPS) is 17.3. The van der Waals surface area contributed by atoms with E-state index in [0.717, 1.165) is 52.9 Å². The quantitative estimate of drug-likeness (QED) is 0.469. The minimum Gasteiger partial charge on any atom is -0.289 e. The molecule has 146 valence electrons. The minimum atomic E-state index is 0.0371. The largest absolute Gasteiger partial charge is 0.289 e. The molecule has 0 radical (unpaired) electrons. The number of hydrogen-bond acceptors (Lipinski definition) is 4. The van der Waals surface area contributed by atoms with Crippen molar-refractivity contribution in [1.29, 1.82) is 5.26 Å². The van der Waals surface area contributed by atoms with Crippen molar-refractivity contribution < 1.29 is 4.58 Å². The second kappa shape index (κ2) is 7.61. The molecule has 0 fully saturated rings. The highest BCUT2D eigenvalue weighted by Gasteiger charge is 2.29. The molecule has 0 unspecified atom stereocenters. The topological polar surface area (TPSA) is 47.1 Å². The highest BCUT2D eigenvalue weighted by atomic mass is 32.1. The van der Waals surface area contributed by atoms with Crippen molar-refractivity contribution in [3.05, 3.63) is 57.7 Å². The molecule has 0 spiro atoms. The lowest BCUT2D eigenvalue weighted by molar-refractivity contribution is -0.539. The van der Waals surface area contributed by atoms with Crippen molar-refractivity contribution in [2.75, 3.05) is 19.6 Å². The molecule has 29 heavy (non-hydrogen) atoms. The van der Waals surface area contributed by atoms with Gasteiger partial charge in [0.15, 0.2) is 5.43 Å². The van der Waals surface area contributed by atoms with Gasteiger partial charge in [-0.3, -0.25) is 14.3 Å². The second-order valence-electron chi connectivity index (χ2n) is 8.04. The molecule has 0 saturated heterocycles. The summed E-state index contributed by atoms with van der Waals surface area (Å²) in [4.78, 5) is 15.6. The SMILES string of the molecule is N#Cc1cc(CN2CCC[N+]3=C2CCCCC3)c2sc3ccccc3c(=O)c2c1. The number of amidine groups is 1. The van der Waals surface area contributed by atoms with Crippen LogP contribution in [0.2, 0.25) is 0 Å². The first kappa shape index (κ1) is 18.3. The summed E-state index contributed by atoms with van der Waals surface area (Å²) in [5.41, 5.74) is 1.72. The average Bonchev–Trinajstić information content (AvgIpc) is 3.01. The third kappa shape index (κ3) is 3.32. The molecule has 2 aliphatic rings. The molecule has 5 rings (SSSR count). The van der Waals surface area contributed by atoms with Gasteiger partial charge in [0.1, 0.15) is 6.54 Å². The molecule has 3 aromatic rings. The zero-order valence-electron chi connectivity index (χ0n) is 16.5. The van der Waals surface area contributed by atoms with E-state index in [4.69, 9.17) is 0 Å². The lowest BCUT2D eigenvalue weighted by atomic mass is 10.0. The molecule has 1 aromatic heterocycles. The first-order valence-corrected chi connectivity index (χ1v) is 11.3. The Labute approximate surface area is 174 Å². The summed E-state index contributed by atoms with van der Waals surface area (Å²) in [7, 11) is 0. The Morgan fingerprint density at radius 1 is 1.07 bits per heavy atom. The first-order valence-electron chi connectivity index (χ1n) is 10.5. The highest BCUT2D eigenvalue weighted by molar-refractivity contribution is 7.24. The fraction of sp³-hybridized carbons (Fsp3) is 0.375. The number of hydrogen-bond donors (Lipinski definition) is 0. The molecule has 0 saturated carbocycles. The van der Waals surface area contributed by atoms with E-state index in [1.165, 1.54) is 31.5 Å². The van der Waals surface area contributed by atoms with Gasteiger partial charge < -0.3 is 0 Å². The summed E-state index contributed by atoms with van der Waals surface area (Å²) >= 11 is 1.67. The maximum atomic E-state index is 13.1. The lowest BCUT2D eigenvalue weighted by Crippen LogP contribution is -2.43. The standard InChI is InChI=1S/C24H24N3OS/c25-15-17-13-18(16-27-12-6-11-26-10-5-1-2-9-22(26)27)24-20(14-17)23(28)19-7-3-4-8-21(19)29-24/h3-4,7-8,13-14H,1-2,5-6,9-12,16H2/q+1. The fourth-order valence-corrected chi connectivity index (χ4v) is 5.92. The number of fused-ring (bicyclic) bond motifs is 2. The van der Waals surface area contributed by atoms with Gasteiger partial charge in [-0.05, 0) is 43.5 Å². The van der Waals surface area contributed by atoms with Gasteiger partial charge in [0.25, 0.3) is 0 Å². The Morgan fingerprint density at radius 3 is 2.83 bits per heavy atom. The van der Waals surface area contributed by atoms with Gasteiger partial charge in [0, 0.05) is 38.6 Å². The predicted octanol–water partition coefficient (Wildman–Crippen LogP) is 4.48. The van der Waals surface area contributed by atoms with E-state index in [2.05, 4.69) is 15.5 Å². The molecule has 0 amide bonds. The molecule has 0 atom stereocenters. The molecule has 0 N–H and O–H groups in total. The van der Waals surface area contributed by atoms with E-state index in [0.29, 0.717) is 10.9 Å². The van der Waals surface area contributed by atoms with Gasteiger partial charge in [-0.25, -0.2) is 0 Å². The number of nitrogens with zero attached hydrogens (tertiary/aromatic N) is 3. The highest BCUT2D eigenvalue weighted by Crippen LogP contribution is 2.30. The molecule has 3 heterocycles. The van der Waals surface area contributed by atoms with Crippen molar-refractivity contribution in [2.24, 2.45) is 0 Å². The Hall–Kier alpha value is -2.71. The Bertz CT molecular complexity index is 1230. The van der Waals surface area contributed by atoms with E-state index in [9.17, 15) is 10.1 Å². The smallest absolute Gasteiger partial charge is 0.247 e. The first-order chi connectivity index (χ1) is 14.2. The maximum absolute atomic E-state index is 13.1. The van der Waals surface area contributed by atoms with Crippen LogP contribution in [0.1, 0.15) is 43.2 Å². The summed E-state index contributed by atoms with van der Waals surface area (Å²) in [6.45, 7) is 4.13. The van der Waals surface area contributed by atoms with Gasteiger partial charge in [0.05, 0.1) is 31.3 Å². The molecular weight excluding hydrogens is 378 g/mol. The van der Waals surface area contributed by atoms with E-state index in [-0.39, 0.29) is 5.43 Å². The minimum absolute atomic E-state index is 0.0371. The molecule has 0 aliphatic carbocycles. The van der Waals surface area contributed by atoms with Crippen LogP contribution in [0, 0.1) is 11.3 Å². The Morgan fingerprint density at radius 2 is 1.93 bits per heavy atom. The maximum Gasteiger partial charge on any atom is 0.247 e. The monoisotopic (exact) mass is 402 g/mol.